The van der Waals surface area contributed by atoms with Crippen molar-refractivity contribution in [3.63, 3.8) is 0 Å². The molecule has 3 N–H and O–H groups in total. The summed E-state index contributed by atoms with van der Waals surface area (Å²) in [5, 5.41) is 8.03. The molecule has 0 amide bonds. The van der Waals surface area contributed by atoms with Gasteiger partial charge in [0.05, 0.1) is 5.75 Å². The maximum atomic E-state index is 10.8. The van der Waals surface area contributed by atoms with Gasteiger partial charge in [-0.15, -0.1) is 0 Å². The van der Waals surface area contributed by atoms with Crippen LogP contribution >= 0.6 is 0 Å². The van der Waals surface area contributed by atoms with Crippen LogP contribution in [0.25, 0.3) is 0 Å². The third-order valence-corrected chi connectivity index (χ3v) is 3.48. The molecule has 17 heavy (non-hydrogen) atoms. The SMILES string of the molecule is Cc1cc(C)c(CNCCS(N)(=O)=O)c(C)c1. The number of hydrogen-bond donors (Lipinski definition) is 2. The standard InChI is InChI=1S/C12H20N2O2S/c1-9-6-10(2)12(11(3)7-9)8-14-4-5-17(13,15)16/h6-7,14H,4-5,8H2,1-3H3,(H2,13,15,16). The summed E-state index contributed by atoms with van der Waals surface area (Å²) in [5.41, 5.74) is 4.93. The van der Waals surface area contributed by atoms with Crippen LogP contribution in [0.3, 0.4) is 0 Å². The molecule has 1 rings (SSSR count). The van der Waals surface area contributed by atoms with Crippen molar-refractivity contribution >= 4 is 10.0 Å². The quantitative estimate of drug-likeness (QED) is 0.772. The van der Waals surface area contributed by atoms with E-state index in [1.54, 1.807) is 0 Å². The molecule has 0 bridgehead atoms. The van der Waals surface area contributed by atoms with Crippen molar-refractivity contribution in [3.05, 3.63) is 34.4 Å². The van der Waals surface area contributed by atoms with E-state index in [9.17, 15) is 8.42 Å². The van der Waals surface area contributed by atoms with Crippen LogP contribution in [-0.4, -0.2) is 20.7 Å². The largest absolute Gasteiger partial charge is 0.312 e. The van der Waals surface area contributed by atoms with Crippen molar-refractivity contribution in [2.75, 3.05) is 12.3 Å². The lowest BCUT2D eigenvalue weighted by atomic mass is 10.00. The van der Waals surface area contributed by atoms with Crippen LogP contribution in [-0.2, 0) is 16.6 Å². The third-order valence-electron chi connectivity index (χ3n) is 2.71. The highest BCUT2D eigenvalue weighted by molar-refractivity contribution is 7.89. The van der Waals surface area contributed by atoms with Gasteiger partial charge in [0.25, 0.3) is 0 Å². The summed E-state index contributed by atoms with van der Waals surface area (Å²) in [4.78, 5) is 0. The van der Waals surface area contributed by atoms with E-state index in [0.29, 0.717) is 13.1 Å². The minimum Gasteiger partial charge on any atom is -0.312 e. The normalized spacial score (nSPS) is 11.8. The van der Waals surface area contributed by atoms with Gasteiger partial charge in [-0.25, -0.2) is 13.6 Å². The highest BCUT2D eigenvalue weighted by Gasteiger charge is 2.05. The monoisotopic (exact) mass is 256 g/mol. The van der Waals surface area contributed by atoms with Crippen LogP contribution in [0.4, 0.5) is 0 Å². The molecular formula is C12H20N2O2S. The van der Waals surface area contributed by atoms with Crippen LogP contribution in [0.5, 0.6) is 0 Å². The first-order valence-corrected chi connectivity index (χ1v) is 7.29. The van der Waals surface area contributed by atoms with Gasteiger partial charge in [0, 0.05) is 13.1 Å². The lowest BCUT2D eigenvalue weighted by Crippen LogP contribution is -2.27. The van der Waals surface area contributed by atoms with E-state index >= 15 is 0 Å². The minimum atomic E-state index is -3.37. The number of hydrogen-bond acceptors (Lipinski definition) is 3. The Morgan fingerprint density at radius 1 is 1.18 bits per heavy atom. The summed E-state index contributed by atoms with van der Waals surface area (Å²) >= 11 is 0. The number of benzene rings is 1. The van der Waals surface area contributed by atoms with Gasteiger partial charge in [0.1, 0.15) is 0 Å². The van der Waals surface area contributed by atoms with Gasteiger partial charge < -0.3 is 5.32 Å². The topological polar surface area (TPSA) is 72.2 Å². The zero-order valence-electron chi connectivity index (χ0n) is 10.6. The highest BCUT2D eigenvalue weighted by atomic mass is 32.2. The minimum absolute atomic E-state index is 0.0308. The predicted octanol–water partition coefficient (Wildman–Crippen LogP) is 0.990. The summed E-state index contributed by atoms with van der Waals surface area (Å²) < 4.78 is 21.5. The van der Waals surface area contributed by atoms with Crippen molar-refractivity contribution in [2.45, 2.75) is 27.3 Å². The number of rotatable bonds is 5. The fraction of sp³-hybridized carbons (Fsp3) is 0.500. The highest BCUT2D eigenvalue weighted by Crippen LogP contribution is 2.15. The Morgan fingerprint density at radius 3 is 2.18 bits per heavy atom. The average Bonchev–Trinajstić information content (AvgIpc) is 2.13. The van der Waals surface area contributed by atoms with Gasteiger partial charge in [0.15, 0.2) is 0 Å². The molecule has 1 aromatic carbocycles. The molecule has 4 nitrogen and oxygen atoms in total. The lowest BCUT2D eigenvalue weighted by Gasteiger charge is -2.12. The van der Waals surface area contributed by atoms with Crippen molar-refractivity contribution in [1.29, 1.82) is 0 Å². The predicted molar refractivity (Wildman–Crippen MR) is 70.3 cm³/mol. The van der Waals surface area contributed by atoms with E-state index in [1.807, 2.05) is 0 Å². The first kappa shape index (κ1) is 14.2. The molecule has 0 atom stereocenters. The fourth-order valence-corrected chi connectivity index (χ4v) is 2.35. The fourth-order valence-electron chi connectivity index (χ4n) is 1.92. The van der Waals surface area contributed by atoms with Crippen molar-refractivity contribution in [3.8, 4) is 0 Å². The molecule has 0 aliphatic carbocycles. The Bertz CT molecular complexity index is 472. The number of sulfonamides is 1. The second-order valence-electron chi connectivity index (χ2n) is 4.42. The van der Waals surface area contributed by atoms with Gasteiger partial charge in [-0.1, -0.05) is 17.7 Å². The first-order chi connectivity index (χ1) is 7.79. The molecule has 0 unspecified atom stereocenters. The first-order valence-electron chi connectivity index (χ1n) is 5.57. The van der Waals surface area contributed by atoms with Crippen LogP contribution < -0.4 is 10.5 Å². The van der Waals surface area contributed by atoms with Crippen molar-refractivity contribution in [1.82, 2.24) is 5.32 Å². The molecule has 0 aliphatic rings. The van der Waals surface area contributed by atoms with E-state index in [2.05, 4.69) is 38.2 Å². The average molecular weight is 256 g/mol. The molecule has 0 aliphatic heterocycles. The van der Waals surface area contributed by atoms with E-state index < -0.39 is 10.0 Å². The summed E-state index contributed by atoms with van der Waals surface area (Å²) in [6.45, 7) is 7.25. The van der Waals surface area contributed by atoms with Crippen LogP contribution in [0.2, 0.25) is 0 Å². The molecule has 1 aromatic rings. The van der Waals surface area contributed by atoms with Gasteiger partial charge in [-0.05, 0) is 37.5 Å². The number of nitrogens with two attached hydrogens (primary N) is 1. The molecule has 0 radical (unpaired) electrons. The summed E-state index contributed by atoms with van der Waals surface area (Å²) in [5.74, 6) is -0.0308. The second-order valence-corrected chi connectivity index (χ2v) is 6.16. The second kappa shape index (κ2) is 5.62. The lowest BCUT2D eigenvalue weighted by molar-refractivity contribution is 0.592. The van der Waals surface area contributed by atoms with Gasteiger partial charge in [-0.3, -0.25) is 0 Å². The maximum Gasteiger partial charge on any atom is 0.210 e. The Kier molecular flexibility index (Phi) is 4.68. The van der Waals surface area contributed by atoms with E-state index in [4.69, 9.17) is 5.14 Å². The van der Waals surface area contributed by atoms with Gasteiger partial charge >= 0.3 is 0 Å². The molecule has 96 valence electrons. The summed E-state index contributed by atoms with van der Waals surface area (Å²) in [6.07, 6.45) is 0. The molecule has 5 heteroatoms. The van der Waals surface area contributed by atoms with Crippen LogP contribution in [0, 0.1) is 20.8 Å². The molecule has 0 spiro atoms. The Labute approximate surface area is 103 Å². The van der Waals surface area contributed by atoms with Crippen LogP contribution in [0.1, 0.15) is 22.3 Å². The van der Waals surface area contributed by atoms with Crippen molar-refractivity contribution in [2.24, 2.45) is 5.14 Å². The molecular weight excluding hydrogens is 236 g/mol. The molecule has 0 fully saturated rings. The summed E-state index contributed by atoms with van der Waals surface area (Å²) in [7, 11) is -3.37. The molecule has 0 saturated carbocycles. The van der Waals surface area contributed by atoms with E-state index in [0.717, 1.165) is 0 Å². The number of aryl methyl sites for hydroxylation is 3. The Balaban J connectivity index is 2.58. The number of nitrogens with one attached hydrogen (secondary N) is 1. The molecule has 0 heterocycles. The zero-order valence-corrected chi connectivity index (χ0v) is 11.4. The molecule has 0 aromatic heterocycles. The maximum absolute atomic E-state index is 10.8. The Morgan fingerprint density at radius 2 is 1.71 bits per heavy atom. The van der Waals surface area contributed by atoms with Gasteiger partial charge in [-0.2, -0.15) is 0 Å². The van der Waals surface area contributed by atoms with Crippen LogP contribution in [0.15, 0.2) is 12.1 Å². The zero-order chi connectivity index (χ0) is 13.1. The smallest absolute Gasteiger partial charge is 0.210 e. The van der Waals surface area contributed by atoms with E-state index in [-0.39, 0.29) is 5.75 Å². The van der Waals surface area contributed by atoms with E-state index in [1.165, 1.54) is 22.3 Å². The van der Waals surface area contributed by atoms with Gasteiger partial charge in [0.2, 0.25) is 10.0 Å². The Hall–Kier alpha value is -0.910. The van der Waals surface area contributed by atoms with Crippen molar-refractivity contribution < 1.29 is 8.42 Å². The number of primary sulfonamides is 1. The third kappa shape index (κ3) is 4.85. The molecule has 0 saturated heterocycles. The summed E-state index contributed by atoms with van der Waals surface area (Å²) in [6, 6.07) is 4.26.